The van der Waals surface area contributed by atoms with E-state index in [0.717, 1.165) is 0 Å². The van der Waals surface area contributed by atoms with Crippen molar-refractivity contribution in [2.45, 2.75) is 13.8 Å². The molecule has 6 heavy (non-hydrogen) atoms. The van der Waals surface area contributed by atoms with E-state index in [0.29, 0.717) is 12.5 Å². The predicted molar refractivity (Wildman–Crippen MR) is 24.0 cm³/mol. The van der Waals surface area contributed by atoms with Crippen LogP contribution in [0.25, 0.3) is 0 Å². The summed E-state index contributed by atoms with van der Waals surface area (Å²) in [5.41, 5.74) is 0. The first kappa shape index (κ1) is 5.96. The maximum absolute atomic E-state index is 6.23. The monoisotopic (exact) mass is 85.1 g/mol. The molecule has 1 heteroatoms. The van der Waals surface area contributed by atoms with E-state index in [2.05, 4.69) is 4.74 Å². The first-order chi connectivity index (χ1) is 2.77. The van der Waals surface area contributed by atoms with Gasteiger partial charge >= 0.3 is 0 Å². The Bertz CT molecular complexity index is 25.1. The molecular weight excluding hydrogens is 76.1 g/mol. The molecule has 0 aromatic heterocycles. The van der Waals surface area contributed by atoms with Crippen molar-refractivity contribution in [1.29, 1.82) is 0 Å². The highest BCUT2D eigenvalue weighted by molar-refractivity contribution is 4.36. The largest absolute Gasteiger partial charge is 0.365 e. The van der Waals surface area contributed by atoms with E-state index < -0.39 is 0 Å². The fourth-order valence-electron chi connectivity index (χ4n) is 0.167. The number of rotatable bonds is 2. The molecule has 0 atom stereocenters. The molecule has 0 aliphatic rings. The van der Waals surface area contributed by atoms with Crippen molar-refractivity contribution in [3.05, 3.63) is 7.11 Å². The van der Waals surface area contributed by atoms with Gasteiger partial charge in [0.25, 0.3) is 0 Å². The van der Waals surface area contributed by atoms with Crippen molar-refractivity contribution in [3.63, 3.8) is 0 Å². The van der Waals surface area contributed by atoms with Gasteiger partial charge in [-0.1, -0.05) is 13.8 Å². The van der Waals surface area contributed by atoms with E-state index in [1.165, 1.54) is 0 Å². The molecule has 0 saturated heterocycles. The summed E-state index contributed by atoms with van der Waals surface area (Å²) in [4.78, 5) is 0. The van der Waals surface area contributed by atoms with E-state index >= 15 is 0 Å². The molecule has 0 unspecified atom stereocenters. The molecule has 0 amide bonds. The van der Waals surface area contributed by atoms with Crippen LogP contribution in [0.15, 0.2) is 0 Å². The molecule has 0 bridgehead atoms. The minimum absolute atomic E-state index is 0.488. The molecule has 0 heterocycles. The molecule has 0 fully saturated rings. The molecule has 0 N–H and O–H groups in total. The zero-order chi connectivity index (χ0) is 4.99. The van der Waals surface area contributed by atoms with Crippen LogP contribution in [0.4, 0.5) is 0 Å². The second-order valence-corrected chi connectivity index (χ2v) is 1.70. The van der Waals surface area contributed by atoms with E-state index in [-0.39, 0.29) is 0 Å². The van der Waals surface area contributed by atoms with E-state index in [1.807, 2.05) is 13.8 Å². The molecule has 0 aliphatic carbocycles. The lowest BCUT2D eigenvalue weighted by Gasteiger charge is -1.96. The molecule has 0 rings (SSSR count). The fraction of sp³-hybridized carbons (Fsp3) is 0.800. The topological polar surface area (TPSA) is 9.23 Å². The quantitative estimate of drug-likeness (QED) is 0.489. The van der Waals surface area contributed by atoms with Crippen molar-refractivity contribution >= 4 is 0 Å². The maximum Gasteiger partial charge on any atom is 0.173 e. The summed E-state index contributed by atoms with van der Waals surface area (Å²) in [6.45, 7) is 4.56. The molecular formula is C5H9O. The molecule has 0 spiro atoms. The van der Waals surface area contributed by atoms with Crippen molar-refractivity contribution in [2.24, 2.45) is 5.92 Å². The molecule has 3 radical (unpaired) electrons. The van der Waals surface area contributed by atoms with Gasteiger partial charge in [0.15, 0.2) is 7.11 Å². The molecule has 0 saturated carbocycles. The fourth-order valence-corrected chi connectivity index (χ4v) is 0.167. The average molecular weight is 85.1 g/mol. The Hall–Kier alpha value is -0.0400. The zero-order valence-electron chi connectivity index (χ0n) is 4.19. The number of hydrogen-bond acceptors (Lipinski definition) is 1. The summed E-state index contributed by atoms with van der Waals surface area (Å²) >= 11 is 0. The minimum atomic E-state index is 0.488. The normalized spacial score (nSPS) is 10.0. The van der Waals surface area contributed by atoms with Gasteiger partial charge in [0.1, 0.15) is 0 Å². The zero-order valence-corrected chi connectivity index (χ0v) is 4.19. The van der Waals surface area contributed by atoms with Gasteiger partial charge in [-0.25, -0.2) is 0 Å². The Morgan fingerprint density at radius 3 is 2.17 bits per heavy atom. The van der Waals surface area contributed by atoms with E-state index in [1.54, 1.807) is 0 Å². The SMILES string of the molecule is [C]OCC(C)C. The van der Waals surface area contributed by atoms with E-state index in [9.17, 15) is 0 Å². The van der Waals surface area contributed by atoms with Crippen LogP contribution in [-0.2, 0) is 4.74 Å². The number of ether oxygens (including phenoxy) is 1. The van der Waals surface area contributed by atoms with Crippen LogP contribution in [0.5, 0.6) is 0 Å². The van der Waals surface area contributed by atoms with Crippen molar-refractivity contribution < 1.29 is 4.74 Å². The maximum atomic E-state index is 6.23. The predicted octanol–water partition coefficient (Wildman–Crippen LogP) is 1.20. The third-order valence-corrected chi connectivity index (χ3v) is 0.417. The van der Waals surface area contributed by atoms with Crippen molar-refractivity contribution in [1.82, 2.24) is 0 Å². The second kappa shape index (κ2) is 3.16. The van der Waals surface area contributed by atoms with Crippen LogP contribution in [-0.4, -0.2) is 6.61 Å². The lowest BCUT2D eigenvalue weighted by atomic mass is 10.2. The Morgan fingerprint density at radius 1 is 1.67 bits per heavy atom. The Morgan fingerprint density at radius 2 is 2.17 bits per heavy atom. The second-order valence-electron chi connectivity index (χ2n) is 1.70. The van der Waals surface area contributed by atoms with Gasteiger partial charge < -0.3 is 4.74 Å². The first-order valence-electron chi connectivity index (χ1n) is 2.06. The Kier molecular flexibility index (Phi) is 3.14. The lowest BCUT2D eigenvalue weighted by molar-refractivity contribution is 0.205. The first-order valence-corrected chi connectivity index (χ1v) is 2.06. The van der Waals surface area contributed by atoms with Gasteiger partial charge in [-0.15, -0.1) is 0 Å². The van der Waals surface area contributed by atoms with Crippen LogP contribution in [0.2, 0.25) is 0 Å². The lowest BCUT2D eigenvalue weighted by Crippen LogP contribution is -1.94. The minimum Gasteiger partial charge on any atom is -0.365 e. The summed E-state index contributed by atoms with van der Waals surface area (Å²) < 4.78 is 4.05. The molecule has 0 aromatic rings. The Balaban J connectivity index is 2.63. The summed E-state index contributed by atoms with van der Waals surface area (Å²) in [5.74, 6) is 0.488. The highest BCUT2D eigenvalue weighted by atomic mass is 16.5. The average Bonchev–Trinajstić information content (AvgIpc) is 1.35. The summed E-state index contributed by atoms with van der Waals surface area (Å²) in [6, 6.07) is 0. The van der Waals surface area contributed by atoms with Crippen LogP contribution >= 0.6 is 0 Å². The summed E-state index contributed by atoms with van der Waals surface area (Å²) in [7, 11) is 6.23. The number of hydrogen-bond donors (Lipinski definition) is 0. The van der Waals surface area contributed by atoms with Gasteiger partial charge in [0.2, 0.25) is 0 Å². The summed E-state index contributed by atoms with van der Waals surface area (Å²) in [6.07, 6.45) is 0. The van der Waals surface area contributed by atoms with Gasteiger partial charge in [-0.05, 0) is 5.92 Å². The van der Waals surface area contributed by atoms with Crippen LogP contribution < -0.4 is 0 Å². The molecule has 0 aromatic carbocycles. The Labute approximate surface area is 39.3 Å². The molecule has 0 aliphatic heterocycles. The standard InChI is InChI=1S/C5H9O/c1-5(2)4-6-3/h5H,4H2,1-2H3. The van der Waals surface area contributed by atoms with Crippen LogP contribution in [0, 0.1) is 13.0 Å². The van der Waals surface area contributed by atoms with E-state index in [4.69, 9.17) is 7.11 Å². The summed E-state index contributed by atoms with van der Waals surface area (Å²) in [5, 5.41) is 0. The smallest absolute Gasteiger partial charge is 0.173 e. The third kappa shape index (κ3) is 3.96. The molecule has 1 nitrogen and oxygen atoms in total. The third-order valence-electron chi connectivity index (χ3n) is 0.417. The van der Waals surface area contributed by atoms with Gasteiger partial charge in [-0.3, -0.25) is 0 Å². The van der Waals surface area contributed by atoms with Crippen molar-refractivity contribution in [3.8, 4) is 0 Å². The van der Waals surface area contributed by atoms with Crippen molar-refractivity contribution in [2.75, 3.05) is 6.61 Å². The molecule has 35 valence electrons. The van der Waals surface area contributed by atoms with Gasteiger partial charge in [0.05, 0.1) is 6.61 Å². The highest BCUT2D eigenvalue weighted by Gasteiger charge is 1.86. The van der Waals surface area contributed by atoms with Gasteiger partial charge in [0, 0.05) is 0 Å². The van der Waals surface area contributed by atoms with Gasteiger partial charge in [-0.2, -0.15) is 0 Å². The highest BCUT2D eigenvalue weighted by Crippen LogP contribution is 1.88. The van der Waals surface area contributed by atoms with Crippen LogP contribution in [0.1, 0.15) is 13.8 Å². The van der Waals surface area contributed by atoms with Crippen LogP contribution in [0.3, 0.4) is 0 Å².